The maximum Gasteiger partial charge on any atom is 0.350 e. The van der Waals surface area contributed by atoms with Crippen molar-refractivity contribution in [3.8, 4) is 11.5 Å². The van der Waals surface area contributed by atoms with Crippen molar-refractivity contribution in [2.24, 2.45) is 0 Å². The summed E-state index contributed by atoms with van der Waals surface area (Å²) in [6.07, 6.45) is 0. The van der Waals surface area contributed by atoms with Crippen molar-refractivity contribution in [2.75, 3.05) is 19.1 Å². The maximum absolute atomic E-state index is 13.5. The van der Waals surface area contributed by atoms with E-state index >= 15 is 0 Å². The summed E-state index contributed by atoms with van der Waals surface area (Å²) >= 11 is 0.936. The molecule has 9 nitrogen and oxygen atoms in total. The molecule has 0 spiro atoms. The predicted octanol–water partition coefficient (Wildman–Crippen LogP) is 5.45. The van der Waals surface area contributed by atoms with E-state index < -0.39 is 23.7 Å². The van der Waals surface area contributed by atoms with E-state index in [-0.39, 0.29) is 21.3 Å². The number of aromatic nitrogens is 1. The van der Waals surface area contributed by atoms with Crippen LogP contribution in [0.5, 0.6) is 11.5 Å². The molecule has 10 heteroatoms. The number of anilines is 1. The van der Waals surface area contributed by atoms with E-state index in [0.29, 0.717) is 34.9 Å². The Balaban J connectivity index is 1.59. The van der Waals surface area contributed by atoms with Crippen LogP contribution in [0.3, 0.4) is 0 Å². The van der Waals surface area contributed by atoms with Gasteiger partial charge in [0, 0.05) is 5.56 Å². The number of methoxy groups -OCH3 is 2. The first kappa shape index (κ1) is 27.6. The number of carbonyl (C=O) groups is 3. The first-order chi connectivity index (χ1) is 19.8. The highest BCUT2D eigenvalue weighted by molar-refractivity contribution is 7.17. The Morgan fingerprint density at radius 2 is 1.71 bits per heavy atom. The van der Waals surface area contributed by atoms with E-state index in [1.54, 1.807) is 55.5 Å². The van der Waals surface area contributed by atoms with Gasteiger partial charge in [-0.05, 0) is 42.3 Å². The summed E-state index contributed by atoms with van der Waals surface area (Å²) in [5, 5.41) is 11.5. The van der Waals surface area contributed by atoms with Gasteiger partial charge in [-0.25, -0.2) is 9.78 Å². The number of Topliss-reactive ketones (excluding diaryl/α,β-unsaturated/α-hetero) is 1. The average molecular weight is 571 g/mol. The number of ether oxygens (including phenoxy) is 3. The first-order valence-corrected chi connectivity index (χ1v) is 13.4. The fraction of sp³-hybridized carbons (Fsp3) is 0.161. The lowest BCUT2D eigenvalue weighted by Gasteiger charge is -2.23. The van der Waals surface area contributed by atoms with Gasteiger partial charge in [0.1, 0.15) is 28.7 Å². The molecule has 1 atom stereocenters. The van der Waals surface area contributed by atoms with Crippen LogP contribution < -0.4 is 14.4 Å². The van der Waals surface area contributed by atoms with E-state index in [9.17, 15) is 19.5 Å². The van der Waals surface area contributed by atoms with Crippen LogP contribution in [0.15, 0.2) is 84.4 Å². The summed E-state index contributed by atoms with van der Waals surface area (Å²) in [4.78, 5) is 45.1. The Bertz CT molecular complexity index is 1640. The molecule has 1 aromatic heterocycles. The van der Waals surface area contributed by atoms with Crippen molar-refractivity contribution >= 4 is 39.9 Å². The van der Waals surface area contributed by atoms with Gasteiger partial charge in [0.05, 0.1) is 31.5 Å². The van der Waals surface area contributed by atoms with E-state index in [1.165, 1.54) is 19.1 Å². The number of esters is 1. The molecule has 1 N–H and O–H groups in total. The average Bonchev–Trinajstić information content (AvgIpc) is 3.52. The van der Waals surface area contributed by atoms with Gasteiger partial charge in [-0.2, -0.15) is 0 Å². The van der Waals surface area contributed by atoms with Crippen molar-refractivity contribution in [3.05, 3.63) is 112 Å². The van der Waals surface area contributed by atoms with Gasteiger partial charge in [-0.3, -0.25) is 14.5 Å². The number of aryl methyl sites for hydroxylation is 1. The van der Waals surface area contributed by atoms with Gasteiger partial charge in [-0.15, -0.1) is 0 Å². The number of benzene rings is 3. The van der Waals surface area contributed by atoms with Crippen molar-refractivity contribution in [2.45, 2.75) is 19.6 Å². The Kier molecular flexibility index (Phi) is 7.84. The molecule has 3 aromatic carbocycles. The molecule has 5 rings (SSSR count). The molecule has 0 aliphatic carbocycles. The number of thiazole rings is 1. The molecule has 0 bridgehead atoms. The zero-order valence-electron chi connectivity index (χ0n) is 22.5. The molecule has 1 aliphatic heterocycles. The molecule has 1 amide bonds. The molecular weight excluding hydrogens is 544 g/mol. The number of aliphatic hydroxyl groups is 1. The number of aliphatic hydroxyl groups excluding tert-OH is 1. The predicted molar refractivity (Wildman–Crippen MR) is 153 cm³/mol. The van der Waals surface area contributed by atoms with Crippen LogP contribution in [0.25, 0.3) is 5.76 Å². The minimum absolute atomic E-state index is 0.117. The summed E-state index contributed by atoms with van der Waals surface area (Å²) in [5.41, 5.74) is 2.08. The van der Waals surface area contributed by atoms with Crippen LogP contribution in [-0.4, -0.2) is 42.0 Å². The molecule has 41 heavy (non-hydrogen) atoms. The molecule has 0 saturated carbocycles. The molecule has 1 saturated heterocycles. The van der Waals surface area contributed by atoms with E-state index in [2.05, 4.69) is 4.98 Å². The maximum atomic E-state index is 13.5. The molecule has 1 unspecified atom stereocenters. The second kappa shape index (κ2) is 11.6. The van der Waals surface area contributed by atoms with E-state index in [4.69, 9.17) is 14.2 Å². The normalized spacial score (nSPS) is 16.1. The lowest BCUT2D eigenvalue weighted by Crippen LogP contribution is -2.29. The zero-order valence-corrected chi connectivity index (χ0v) is 23.3. The van der Waals surface area contributed by atoms with Crippen LogP contribution in [0.4, 0.5) is 5.13 Å². The second-order valence-electron chi connectivity index (χ2n) is 9.15. The molecular formula is C31H26N2O7S. The molecule has 4 aromatic rings. The minimum atomic E-state index is -1.03. The van der Waals surface area contributed by atoms with Crippen molar-refractivity contribution in [1.29, 1.82) is 0 Å². The zero-order chi connectivity index (χ0) is 29.1. The van der Waals surface area contributed by atoms with E-state index in [1.807, 2.05) is 30.3 Å². The van der Waals surface area contributed by atoms with Crippen LogP contribution >= 0.6 is 11.3 Å². The fourth-order valence-corrected chi connectivity index (χ4v) is 5.54. The molecule has 2 heterocycles. The van der Waals surface area contributed by atoms with Gasteiger partial charge < -0.3 is 19.3 Å². The molecule has 208 valence electrons. The Hall–Kier alpha value is -4.96. The van der Waals surface area contributed by atoms with Crippen LogP contribution in [0, 0.1) is 6.92 Å². The monoisotopic (exact) mass is 570 g/mol. The highest BCUT2D eigenvalue weighted by Crippen LogP contribution is 2.44. The smallest absolute Gasteiger partial charge is 0.350 e. The molecule has 0 radical (unpaired) electrons. The fourth-order valence-electron chi connectivity index (χ4n) is 4.53. The van der Waals surface area contributed by atoms with Crippen LogP contribution in [-0.2, 0) is 20.9 Å². The summed E-state index contributed by atoms with van der Waals surface area (Å²) < 4.78 is 16.0. The molecule has 1 fully saturated rings. The first-order valence-electron chi connectivity index (χ1n) is 12.6. The lowest BCUT2D eigenvalue weighted by molar-refractivity contribution is -0.132. The SMILES string of the molecule is COC(=O)c1sc(N2C(=O)C(=O)C(=C(O)c3cccc(OC)c3)C2c2ccc(OCc3ccccc3)cc2)nc1C. The topological polar surface area (TPSA) is 115 Å². The van der Waals surface area contributed by atoms with Crippen LogP contribution in [0.1, 0.15) is 38.1 Å². The Morgan fingerprint density at radius 1 is 0.976 bits per heavy atom. The van der Waals surface area contributed by atoms with Crippen molar-refractivity contribution in [1.82, 2.24) is 4.98 Å². The summed E-state index contributed by atoms with van der Waals surface area (Å²) in [6.45, 7) is 1.98. The minimum Gasteiger partial charge on any atom is -0.507 e. The van der Waals surface area contributed by atoms with Gasteiger partial charge in [0.2, 0.25) is 0 Å². The van der Waals surface area contributed by atoms with Gasteiger partial charge >= 0.3 is 11.9 Å². The standard InChI is InChI=1S/C31H26N2O7S/c1-18-28(30(37)39-3)41-31(32-18)33-25(20-12-14-22(15-13-20)40-17-19-8-5-4-6-9-19)24(27(35)29(33)36)26(34)21-10-7-11-23(16-21)38-2/h4-16,25,34H,17H2,1-3H3. The largest absolute Gasteiger partial charge is 0.507 e. The van der Waals surface area contributed by atoms with Crippen molar-refractivity contribution < 1.29 is 33.7 Å². The second-order valence-corrected chi connectivity index (χ2v) is 10.1. The van der Waals surface area contributed by atoms with Gasteiger partial charge in [0.25, 0.3) is 5.78 Å². The lowest BCUT2D eigenvalue weighted by atomic mass is 9.95. The summed E-state index contributed by atoms with van der Waals surface area (Å²) in [5.74, 6) is -1.67. The van der Waals surface area contributed by atoms with Crippen LogP contribution in [0.2, 0.25) is 0 Å². The third kappa shape index (κ3) is 5.42. The summed E-state index contributed by atoms with van der Waals surface area (Å²) in [7, 11) is 2.74. The molecule has 1 aliphatic rings. The number of hydrogen-bond acceptors (Lipinski definition) is 9. The summed E-state index contributed by atoms with van der Waals surface area (Å²) in [6, 6.07) is 22.2. The number of hydrogen-bond donors (Lipinski definition) is 1. The van der Waals surface area contributed by atoms with Gasteiger partial charge in [-0.1, -0.05) is 65.9 Å². The third-order valence-corrected chi connectivity index (χ3v) is 7.73. The number of amides is 1. The highest BCUT2D eigenvalue weighted by Gasteiger charge is 2.48. The quantitative estimate of drug-likeness (QED) is 0.129. The third-order valence-electron chi connectivity index (χ3n) is 6.59. The number of rotatable bonds is 8. The number of nitrogens with zero attached hydrogens (tertiary/aromatic N) is 2. The number of ketones is 1. The Morgan fingerprint density at radius 3 is 2.39 bits per heavy atom. The Labute approximate surface area is 240 Å². The number of carbonyl (C=O) groups excluding carboxylic acids is 3. The van der Waals surface area contributed by atoms with E-state index in [0.717, 1.165) is 16.9 Å². The van der Waals surface area contributed by atoms with Gasteiger partial charge in [0.15, 0.2) is 5.13 Å². The highest BCUT2D eigenvalue weighted by atomic mass is 32.1. The van der Waals surface area contributed by atoms with Crippen molar-refractivity contribution in [3.63, 3.8) is 0 Å².